The SMILES string of the molecule is CCCC1CN(C2CCOC2)C(CC)CN1. The minimum absolute atomic E-state index is 0.686. The zero-order valence-electron chi connectivity index (χ0n) is 10.7. The lowest BCUT2D eigenvalue weighted by molar-refractivity contribution is 0.0660. The zero-order chi connectivity index (χ0) is 11.4. The predicted molar refractivity (Wildman–Crippen MR) is 66.7 cm³/mol. The predicted octanol–water partition coefficient (Wildman–Crippen LogP) is 1.63. The Labute approximate surface area is 99.5 Å². The van der Waals surface area contributed by atoms with Crippen molar-refractivity contribution in [2.75, 3.05) is 26.3 Å². The van der Waals surface area contributed by atoms with Gasteiger partial charge in [-0.2, -0.15) is 0 Å². The Balaban J connectivity index is 1.93. The molecule has 2 saturated heterocycles. The molecule has 16 heavy (non-hydrogen) atoms. The van der Waals surface area contributed by atoms with Crippen LogP contribution in [0.25, 0.3) is 0 Å². The standard InChI is InChI=1S/C13H26N2O/c1-3-5-11-9-15(12(4-2)8-14-11)13-6-7-16-10-13/h11-14H,3-10H2,1-2H3. The summed E-state index contributed by atoms with van der Waals surface area (Å²) in [6.07, 6.45) is 5.07. The molecule has 2 rings (SSSR count). The Morgan fingerprint density at radius 2 is 2.25 bits per heavy atom. The zero-order valence-corrected chi connectivity index (χ0v) is 10.7. The second-order valence-corrected chi connectivity index (χ2v) is 5.17. The smallest absolute Gasteiger partial charge is 0.0622 e. The Morgan fingerprint density at radius 1 is 1.38 bits per heavy atom. The van der Waals surface area contributed by atoms with E-state index in [1.807, 2.05) is 0 Å². The van der Waals surface area contributed by atoms with Crippen molar-refractivity contribution in [3.05, 3.63) is 0 Å². The summed E-state index contributed by atoms with van der Waals surface area (Å²) >= 11 is 0. The molecule has 1 N–H and O–H groups in total. The molecular weight excluding hydrogens is 200 g/mol. The molecule has 2 fully saturated rings. The van der Waals surface area contributed by atoms with Gasteiger partial charge in [0, 0.05) is 37.8 Å². The number of nitrogens with one attached hydrogen (secondary N) is 1. The van der Waals surface area contributed by atoms with Crippen molar-refractivity contribution in [1.82, 2.24) is 10.2 Å². The molecule has 0 bridgehead atoms. The van der Waals surface area contributed by atoms with Crippen molar-refractivity contribution in [2.45, 2.75) is 57.7 Å². The van der Waals surface area contributed by atoms with Crippen molar-refractivity contribution in [1.29, 1.82) is 0 Å². The number of hydrogen-bond donors (Lipinski definition) is 1. The van der Waals surface area contributed by atoms with Crippen LogP contribution in [0.2, 0.25) is 0 Å². The van der Waals surface area contributed by atoms with E-state index in [0.717, 1.165) is 25.8 Å². The second kappa shape index (κ2) is 5.99. The maximum atomic E-state index is 5.54. The Hall–Kier alpha value is -0.120. The summed E-state index contributed by atoms with van der Waals surface area (Å²) in [7, 11) is 0. The molecule has 0 aliphatic carbocycles. The molecule has 0 aromatic carbocycles. The van der Waals surface area contributed by atoms with Gasteiger partial charge in [0.05, 0.1) is 6.61 Å². The van der Waals surface area contributed by atoms with Gasteiger partial charge in [0.15, 0.2) is 0 Å². The Bertz CT molecular complexity index is 202. The first-order chi connectivity index (χ1) is 7.85. The van der Waals surface area contributed by atoms with E-state index in [4.69, 9.17) is 4.74 Å². The van der Waals surface area contributed by atoms with Gasteiger partial charge in [-0.3, -0.25) is 4.90 Å². The Morgan fingerprint density at radius 3 is 2.88 bits per heavy atom. The summed E-state index contributed by atoms with van der Waals surface area (Å²) < 4.78 is 5.54. The molecule has 3 atom stereocenters. The van der Waals surface area contributed by atoms with Crippen LogP contribution in [0.1, 0.15) is 39.5 Å². The third-order valence-electron chi connectivity index (χ3n) is 4.03. The van der Waals surface area contributed by atoms with Gasteiger partial charge in [-0.25, -0.2) is 0 Å². The maximum absolute atomic E-state index is 5.54. The van der Waals surface area contributed by atoms with Gasteiger partial charge in [0.1, 0.15) is 0 Å². The summed E-state index contributed by atoms with van der Waals surface area (Å²) in [6, 6.07) is 2.11. The van der Waals surface area contributed by atoms with E-state index in [0.29, 0.717) is 12.1 Å². The molecule has 0 aromatic heterocycles. The first kappa shape index (κ1) is 12.3. The number of piperazine rings is 1. The van der Waals surface area contributed by atoms with Crippen molar-refractivity contribution in [3.8, 4) is 0 Å². The van der Waals surface area contributed by atoms with Crippen molar-refractivity contribution >= 4 is 0 Å². The fourth-order valence-electron chi connectivity index (χ4n) is 3.04. The molecular formula is C13H26N2O. The minimum Gasteiger partial charge on any atom is -0.380 e. The van der Waals surface area contributed by atoms with Crippen LogP contribution in [-0.4, -0.2) is 49.3 Å². The van der Waals surface area contributed by atoms with Crippen LogP contribution in [0, 0.1) is 0 Å². The Kier molecular flexibility index (Phi) is 4.62. The van der Waals surface area contributed by atoms with E-state index in [9.17, 15) is 0 Å². The summed E-state index contributed by atoms with van der Waals surface area (Å²) in [6.45, 7) is 8.88. The highest BCUT2D eigenvalue weighted by molar-refractivity contribution is 4.90. The average molecular weight is 226 g/mol. The molecule has 0 amide bonds. The summed E-state index contributed by atoms with van der Waals surface area (Å²) in [4.78, 5) is 2.71. The van der Waals surface area contributed by atoms with Crippen molar-refractivity contribution in [3.63, 3.8) is 0 Å². The first-order valence-electron chi connectivity index (χ1n) is 6.92. The molecule has 94 valence electrons. The van der Waals surface area contributed by atoms with Crippen LogP contribution in [0.4, 0.5) is 0 Å². The number of nitrogens with zero attached hydrogens (tertiary/aromatic N) is 1. The topological polar surface area (TPSA) is 24.5 Å². The van der Waals surface area contributed by atoms with Crippen LogP contribution in [-0.2, 0) is 4.74 Å². The average Bonchev–Trinajstić information content (AvgIpc) is 2.83. The van der Waals surface area contributed by atoms with E-state index in [-0.39, 0.29) is 0 Å². The highest BCUT2D eigenvalue weighted by atomic mass is 16.5. The van der Waals surface area contributed by atoms with E-state index in [1.165, 1.54) is 32.2 Å². The highest BCUT2D eigenvalue weighted by Gasteiger charge is 2.33. The molecule has 0 saturated carbocycles. The lowest BCUT2D eigenvalue weighted by Gasteiger charge is -2.43. The van der Waals surface area contributed by atoms with Gasteiger partial charge in [-0.1, -0.05) is 20.3 Å². The molecule has 3 heteroatoms. The number of rotatable bonds is 4. The summed E-state index contributed by atoms with van der Waals surface area (Å²) in [5.41, 5.74) is 0. The fourth-order valence-corrected chi connectivity index (χ4v) is 3.04. The van der Waals surface area contributed by atoms with E-state index in [2.05, 4.69) is 24.1 Å². The van der Waals surface area contributed by atoms with E-state index in [1.54, 1.807) is 0 Å². The molecule has 0 spiro atoms. The van der Waals surface area contributed by atoms with Crippen LogP contribution < -0.4 is 5.32 Å². The van der Waals surface area contributed by atoms with Crippen molar-refractivity contribution < 1.29 is 4.74 Å². The molecule has 2 aliphatic heterocycles. The third kappa shape index (κ3) is 2.76. The monoisotopic (exact) mass is 226 g/mol. The van der Waals surface area contributed by atoms with Crippen molar-refractivity contribution in [2.24, 2.45) is 0 Å². The maximum Gasteiger partial charge on any atom is 0.0622 e. The first-order valence-corrected chi connectivity index (χ1v) is 6.92. The molecule has 2 aliphatic rings. The lowest BCUT2D eigenvalue weighted by Crippen LogP contribution is -2.59. The largest absolute Gasteiger partial charge is 0.380 e. The number of hydrogen-bond acceptors (Lipinski definition) is 3. The summed E-state index contributed by atoms with van der Waals surface area (Å²) in [5.74, 6) is 0. The fraction of sp³-hybridized carbons (Fsp3) is 1.00. The molecule has 2 heterocycles. The van der Waals surface area contributed by atoms with Gasteiger partial charge in [0.2, 0.25) is 0 Å². The third-order valence-corrected chi connectivity index (χ3v) is 4.03. The van der Waals surface area contributed by atoms with E-state index >= 15 is 0 Å². The van der Waals surface area contributed by atoms with Crippen LogP contribution in [0.3, 0.4) is 0 Å². The molecule has 0 radical (unpaired) electrons. The minimum atomic E-state index is 0.686. The van der Waals surface area contributed by atoms with Gasteiger partial charge < -0.3 is 10.1 Å². The normalized spacial score (nSPS) is 36.8. The van der Waals surface area contributed by atoms with Crippen LogP contribution >= 0.6 is 0 Å². The molecule has 3 nitrogen and oxygen atoms in total. The highest BCUT2D eigenvalue weighted by Crippen LogP contribution is 2.21. The van der Waals surface area contributed by atoms with Gasteiger partial charge >= 0.3 is 0 Å². The van der Waals surface area contributed by atoms with Crippen LogP contribution in [0.15, 0.2) is 0 Å². The quantitative estimate of drug-likeness (QED) is 0.788. The van der Waals surface area contributed by atoms with Gasteiger partial charge in [0.25, 0.3) is 0 Å². The number of ether oxygens (including phenoxy) is 1. The lowest BCUT2D eigenvalue weighted by atomic mass is 10.0. The van der Waals surface area contributed by atoms with Gasteiger partial charge in [-0.15, -0.1) is 0 Å². The van der Waals surface area contributed by atoms with Gasteiger partial charge in [-0.05, 0) is 19.3 Å². The molecule has 0 aromatic rings. The summed E-state index contributed by atoms with van der Waals surface area (Å²) in [5, 5.41) is 3.69. The van der Waals surface area contributed by atoms with Crippen LogP contribution in [0.5, 0.6) is 0 Å². The van der Waals surface area contributed by atoms with E-state index < -0.39 is 0 Å². The second-order valence-electron chi connectivity index (χ2n) is 5.17. The molecule has 3 unspecified atom stereocenters.